The average molecular weight is 441 g/mol. The van der Waals surface area contributed by atoms with Crippen molar-refractivity contribution in [2.75, 3.05) is 5.32 Å². The van der Waals surface area contributed by atoms with Crippen molar-refractivity contribution in [1.82, 2.24) is 14.8 Å². The van der Waals surface area contributed by atoms with Crippen LogP contribution in [-0.2, 0) is 17.6 Å². The minimum atomic E-state index is -0.231. The van der Waals surface area contributed by atoms with E-state index in [1.54, 1.807) is 11.8 Å². The molecule has 5 nitrogen and oxygen atoms in total. The molecule has 0 aliphatic heterocycles. The van der Waals surface area contributed by atoms with E-state index in [4.69, 9.17) is 0 Å². The lowest BCUT2D eigenvalue weighted by atomic mass is 10.1. The molecule has 0 radical (unpaired) electrons. The van der Waals surface area contributed by atoms with Crippen molar-refractivity contribution >= 4 is 35.1 Å². The van der Waals surface area contributed by atoms with Crippen LogP contribution < -0.4 is 5.32 Å². The Balaban J connectivity index is 1.64. The maximum atomic E-state index is 12.9. The molecule has 1 unspecified atom stereocenters. The van der Waals surface area contributed by atoms with Crippen molar-refractivity contribution in [3.05, 3.63) is 65.0 Å². The van der Waals surface area contributed by atoms with Crippen LogP contribution in [0.2, 0.25) is 0 Å². The minimum Gasteiger partial charge on any atom is -0.325 e. The molecule has 0 aliphatic rings. The van der Waals surface area contributed by atoms with Gasteiger partial charge in [-0.05, 0) is 56.5 Å². The molecule has 1 heterocycles. The molecule has 30 heavy (non-hydrogen) atoms. The Labute approximate surface area is 187 Å². The van der Waals surface area contributed by atoms with Crippen LogP contribution in [0.15, 0.2) is 52.5 Å². The average Bonchev–Trinajstić information content (AvgIpc) is 3.07. The standard InChI is InChI=1S/C23H28N4OS2/c1-6-20(22(28)24-19-13-16(3)7-10-17(19)4)30-23-26-25-21(27(23)5)14-29-18-11-8-15(2)9-12-18/h7-13,20H,6,14H2,1-5H3,(H,24,28). The molecule has 0 fully saturated rings. The molecular weight excluding hydrogens is 412 g/mol. The highest BCUT2D eigenvalue weighted by Gasteiger charge is 2.22. The van der Waals surface area contributed by atoms with E-state index in [9.17, 15) is 4.79 Å². The van der Waals surface area contributed by atoms with E-state index in [0.717, 1.165) is 33.5 Å². The summed E-state index contributed by atoms with van der Waals surface area (Å²) in [5.74, 6) is 1.63. The Bertz CT molecular complexity index is 1010. The maximum absolute atomic E-state index is 12.9. The van der Waals surface area contributed by atoms with E-state index in [1.165, 1.54) is 22.2 Å². The molecule has 0 aliphatic carbocycles. The summed E-state index contributed by atoms with van der Waals surface area (Å²) in [5.41, 5.74) is 4.30. The van der Waals surface area contributed by atoms with Gasteiger partial charge in [0.15, 0.2) is 5.16 Å². The number of carbonyl (C=O) groups excluding carboxylic acids is 1. The third kappa shape index (κ3) is 5.67. The Kier molecular flexibility index (Phi) is 7.61. The molecule has 0 bridgehead atoms. The number of aromatic nitrogens is 3. The SMILES string of the molecule is CCC(Sc1nnc(CSc2ccc(C)cc2)n1C)C(=O)Nc1cc(C)ccc1C. The van der Waals surface area contributed by atoms with Gasteiger partial charge in [-0.25, -0.2) is 0 Å². The fourth-order valence-electron chi connectivity index (χ4n) is 2.89. The second-order valence-corrected chi connectivity index (χ2v) is 9.60. The molecule has 7 heteroatoms. The zero-order valence-corrected chi connectivity index (χ0v) is 19.7. The lowest BCUT2D eigenvalue weighted by Gasteiger charge is -2.16. The molecule has 0 spiro atoms. The van der Waals surface area contributed by atoms with E-state index in [2.05, 4.69) is 46.7 Å². The summed E-state index contributed by atoms with van der Waals surface area (Å²) in [6, 6.07) is 14.6. The number of aryl methyl sites for hydroxylation is 3. The van der Waals surface area contributed by atoms with Gasteiger partial charge < -0.3 is 9.88 Å². The Morgan fingerprint density at radius 3 is 2.47 bits per heavy atom. The van der Waals surface area contributed by atoms with Crippen molar-refractivity contribution in [2.24, 2.45) is 7.05 Å². The first-order chi connectivity index (χ1) is 14.4. The van der Waals surface area contributed by atoms with Crippen molar-refractivity contribution in [2.45, 2.75) is 55.2 Å². The molecular formula is C23H28N4OS2. The van der Waals surface area contributed by atoms with Crippen LogP contribution in [0.25, 0.3) is 0 Å². The van der Waals surface area contributed by atoms with Gasteiger partial charge in [0.25, 0.3) is 0 Å². The molecule has 158 valence electrons. The molecule has 1 aromatic heterocycles. The zero-order chi connectivity index (χ0) is 21.7. The van der Waals surface area contributed by atoms with Gasteiger partial charge in [-0.3, -0.25) is 4.79 Å². The monoisotopic (exact) mass is 440 g/mol. The Morgan fingerprint density at radius 2 is 1.77 bits per heavy atom. The summed E-state index contributed by atoms with van der Waals surface area (Å²) in [4.78, 5) is 14.1. The van der Waals surface area contributed by atoms with Crippen molar-refractivity contribution in [3.63, 3.8) is 0 Å². The predicted molar refractivity (Wildman–Crippen MR) is 126 cm³/mol. The molecule has 3 rings (SSSR count). The van der Waals surface area contributed by atoms with Crippen LogP contribution in [0.5, 0.6) is 0 Å². The van der Waals surface area contributed by atoms with Gasteiger partial charge in [-0.15, -0.1) is 22.0 Å². The number of hydrogen-bond donors (Lipinski definition) is 1. The highest BCUT2D eigenvalue weighted by molar-refractivity contribution is 8.00. The summed E-state index contributed by atoms with van der Waals surface area (Å²) >= 11 is 3.20. The molecule has 0 saturated carbocycles. The fraction of sp³-hybridized carbons (Fsp3) is 0.348. The van der Waals surface area contributed by atoms with Gasteiger partial charge in [-0.1, -0.05) is 48.5 Å². The van der Waals surface area contributed by atoms with Crippen LogP contribution in [-0.4, -0.2) is 25.9 Å². The normalized spacial score (nSPS) is 12.0. The van der Waals surface area contributed by atoms with E-state index >= 15 is 0 Å². The van der Waals surface area contributed by atoms with E-state index < -0.39 is 0 Å². The fourth-order valence-corrected chi connectivity index (χ4v) is 4.70. The third-order valence-corrected chi connectivity index (χ3v) is 7.28. The predicted octanol–water partition coefficient (Wildman–Crippen LogP) is 5.54. The summed E-state index contributed by atoms with van der Waals surface area (Å²) in [5, 5.41) is 12.3. The zero-order valence-electron chi connectivity index (χ0n) is 18.1. The van der Waals surface area contributed by atoms with Gasteiger partial charge in [0, 0.05) is 17.6 Å². The molecule has 1 amide bonds. The number of nitrogens with zero attached hydrogens (tertiary/aromatic N) is 3. The van der Waals surface area contributed by atoms with Crippen molar-refractivity contribution < 1.29 is 4.79 Å². The first-order valence-corrected chi connectivity index (χ1v) is 11.9. The first-order valence-electron chi connectivity index (χ1n) is 10.00. The first kappa shape index (κ1) is 22.4. The van der Waals surface area contributed by atoms with Gasteiger partial charge >= 0.3 is 0 Å². The molecule has 1 atom stereocenters. The van der Waals surface area contributed by atoms with Gasteiger partial charge in [0.1, 0.15) is 5.82 Å². The van der Waals surface area contributed by atoms with Crippen LogP contribution in [0.1, 0.15) is 35.9 Å². The van der Waals surface area contributed by atoms with Crippen LogP contribution in [0.3, 0.4) is 0 Å². The third-order valence-electron chi connectivity index (χ3n) is 4.88. The number of nitrogens with one attached hydrogen (secondary N) is 1. The number of benzene rings is 2. The number of hydrogen-bond acceptors (Lipinski definition) is 5. The van der Waals surface area contributed by atoms with Crippen molar-refractivity contribution in [3.8, 4) is 0 Å². The lowest BCUT2D eigenvalue weighted by molar-refractivity contribution is -0.115. The van der Waals surface area contributed by atoms with Crippen LogP contribution >= 0.6 is 23.5 Å². The van der Waals surface area contributed by atoms with Crippen LogP contribution in [0.4, 0.5) is 5.69 Å². The largest absolute Gasteiger partial charge is 0.325 e. The highest BCUT2D eigenvalue weighted by atomic mass is 32.2. The topological polar surface area (TPSA) is 59.8 Å². The second kappa shape index (κ2) is 10.2. The maximum Gasteiger partial charge on any atom is 0.237 e. The number of amides is 1. The Hall–Kier alpha value is -2.25. The highest BCUT2D eigenvalue weighted by Crippen LogP contribution is 2.28. The smallest absolute Gasteiger partial charge is 0.237 e. The van der Waals surface area contributed by atoms with Gasteiger partial charge in [-0.2, -0.15) is 0 Å². The van der Waals surface area contributed by atoms with E-state index in [-0.39, 0.29) is 11.2 Å². The van der Waals surface area contributed by atoms with Gasteiger partial charge in [0.05, 0.1) is 11.0 Å². The van der Waals surface area contributed by atoms with Gasteiger partial charge in [0.2, 0.25) is 5.91 Å². The summed E-state index contributed by atoms with van der Waals surface area (Å²) in [6.07, 6.45) is 0.710. The minimum absolute atomic E-state index is 0.00483. The number of anilines is 1. The molecule has 2 aromatic carbocycles. The summed E-state index contributed by atoms with van der Waals surface area (Å²) < 4.78 is 1.99. The number of thioether (sulfide) groups is 2. The molecule has 3 aromatic rings. The van der Waals surface area contributed by atoms with Crippen molar-refractivity contribution in [1.29, 1.82) is 0 Å². The summed E-state index contributed by atoms with van der Waals surface area (Å²) in [7, 11) is 1.96. The summed E-state index contributed by atoms with van der Waals surface area (Å²) in [6.45, 7) is 8.13. The van der Waals surface area contributed by atoms with E-state index in [1.807, 2.05) is 50.6 Å². The number of carbonyl (C=O) groups is 1. The second-order valence-electron chi connectivity index (χ2n) is 7.38. The quantitative estimate of drug-likeness (QED) is 0.466. The number of rotatable bonds is 8. The molecule has 0 saturated heterocycles. The lowest BCUT2D eigenvalue weighted by Crippen LogP contribution is -2.25. The Morgan fingerprint density at radius 1 is 1.07 bits per heavy atom. The van der Waals surface area contributed by atoms with Crippen LogP contribution in [0, 0.1) is 20.8 Å². The van der Waals surface area contributed by atoms with E-state index in [0.29, 0.717) is 6.42 Å². The molecule has 1 N–H and O–H groups in total.